The van der Waals surface area contributed by atoms with Gasteiger partial charge in [-0.25, -0.2) is 0 Å². The molecule has 0 bridgehead atoms. The Bertz CT molecular complexity index is 458. The van der Waals surface area contributed by atoms with Crippen LogP contribution < -0.4 is 0 Å². The van der Waals surface area contributed by atoms with Crippen molar-refractivity contribution in [3.05, 3.63) is 44.6 Å². The first-order chi connectivity index (χ1) is 7.60. The van der Waals surface area contributed by atoms with E-state index in [4.69, 9.17) is 0 Å². The first-order valence-electron chi connectivity index (χ1n) is 6.08. The highest BCUT2D eigenvalue weighted by atomic mass is 127. The molecule has 84 valence electrons. The molecule has 0 amide bonds. The average Bonchev–Trinajstić information content (AvgIpc) is 2.49. The Hall–Kier alpha value is -0.310. The van der Waals surface area contributed by atoms with E-state index in [1.54, 1.807) is 16.7 Å². The van der Waals surface area contributed by atoms with Gasteiger partial charge in [-0.2, -0.15) is 0 Å². The molecule has 0 radical (unpaired) electrons. The minimum atomic E-state index is 0.265. The van der Waals surface area contributed by atoms with E-state index < -0.39 is 0 Å². The summed E-state index contributed by atoms with van der Waals surface area (Å²) in [7, 11) is 0. The second-order valence-electron chi connectivity index (χ2n) is 5.48. The van der Waals surface area contributed by atoms with Crippen molar-refractivity contribution in [1.82, 2.24) is 0 Å². The normalized spacial score (nSPS) is 30.8. The van der Waals surface area contributed by atoms with Gasteiger partial charge in [0.25, 0.3) is 0 Å². The third-order valence-electron chi connectivity index (χ3n) is 4.24. The molecule has 0 heterocycles. The Morgan fingerprint density at radius 1 is 1.38 bits per heavy atom. The Balaban J connectivity index is 2.14. The van der Waals surface area contributed by atoms with E-state index in [-0.39, 0.29) is 5.41 Å². The number of halogens is 1. The first kappa shape index (κ1) is 10.8. The maximum absolute atomic E-state index is 2.45. The third-order valence-corrected chi connectivity index (χ3v) is 5.00. The maximum atomic E-state index is 2.45. The summed E-state index contributed by atoms with van der Waals surface area (Å²) >= 11 is 2.45. The topological polar surface area (TPSA) is 0 Å². The zero-order chi connectivity index (χ0) is 11.3. The summed E-state index contributed by atoms with van der Waals surface area (Å²) in [4.78, 5) is 0. The quantitative estimate of drug-likeness (QED) is 0.554. The summed E-state index contributed by atoms with van der Waals surface area (Å²) in [5.41, 5.74) is 5.24. The Kier molecular flexibility index (Phi) is 2.43. The molecule has 0 spiro atoms. The van der Waals surface area contributed by atoms with Crippen molar-refractivity contribution in [1.29, 1.82) is 0 Å². The lowest BCUT2D eigenvalue weighted by Crippen LogP contribution is -2.16. The highest BCUT2D eigenvalue weighted by Crippen LogP contribution is 2.56. The number of hydrogen-bond acceptors (Lipinski definition) is 0. The van der Waals surface area contributed by atoms with Crippen molar-refractivity contribution >= 4 is 22.6 Å². The maximum Gasteiger partial charge on any atom is 0.0114 e. The standard InChI is InChI=1S/C15H17I/c1-15(2)13-6-4-3-5-11(13)12-8-7-10(16)9-14(12)15/h4,6-7,9,12H,3,5,8H2,1-2H3/t12-/m1/s1. The van der Waals surface area contributed by atoms with Crippen LogP contribution in [0.25, 0.3) is 0 Å². The van der Waals surface area contributed by atoms with Gasteiger partial charge in [-0.3, -0.25) is 0 Å². The minimum absolute atomic E-state index is 0.265. The van der Waals surface area contributed by atoms with E-state index in [1.807, 2.05) is 0 Å². The molecule has 0 saturated carbocycles. The fourth-order valence-corrected chi connectivity index (χ4v) is 4.01. The van der Waals surface area contributed by atoms with Gasteiger partial charge in [-0.15, -0.1) is 0 Å². The van der Waals surface area contributed by atoms with Crippen molar-refractivity contribution in [3.8, 4) is 0 Å². The van der Waals surface area contributed by atoms with Gasteiger partial charge < -0.3 is 0 Å². The lowest BCUT2D eigenvalue weighted by atomic mass is 9.77. The van der Waals surface area contributed by atoms with Crippen molar-refractivity contribution < 1.29 is 0 Å². The van der Waals surface area contributed by atoms with E-state index in [1.165, 1.54) is 22.8 Å². The number of rotatable bonds is 0. The predicted molar refractivity (Wildman–Crippen MR) is 77.5 cm³/mol. The molecule has 0 aromatic carbocycles. The van der Waals surface area contributed by atoms with Crippen LogP contribution in [0.4, 0.5) is 0 Å². The van der Waals surface area contributed by atoms with Crippen LogP contribution in [0.15, 0.2) is 44.6 Å². The monoisotopic (exact) mass is 324 g/mol. The van der Waals surface area contributed by atoms with E-state index in [2.05, 4.69) is 60.7 Å². The van der Waals surface area contributed by atoms with Crippen LogP contribution in [0.3, 0.4) is 0 Å². The van der Waals surface area contributed by atoms with Crippen LogP contribution in [0.1, 0.15) is 33.1 Å². The van der Waals surface area contributed by atoms with E-state index in [0.717, 1.165) is 0 Å². The Morgan fingerprint density at radius 3 is 3.00 bits per heavy atom. The number of hydrogen-bond donors (Lipinski definition) is 0. The highest BCUT2D eigenvalue weighted by Gasteiger charge is 2.43. The second kappa shape index (κ2) is 3.59. The molecule has 0 aliphatic heterocycles. The second-order valence-corrected chi connectivity index (χ2v) is 6.73. The van der Waals surface area contributed by atoms with Crippen LogP contribution in [-0.4, -0.2) is 0 Å². The van der Waals surface area contributed by atoms with Crippen LogP contribution in [0.2, 0.25) is 0 Å². The highest BCUT2D eigenvalue weighted by molar-refractivity contribution is 14.1. The molecule has 0 saturated heterocycles. The molecule has 1 atom stereocenters. The van der Waals surface area contributed by atoms with Gasteiger partial charge in [0, 0.05) is 14.9 Å². The molecule has 3 aliphatic rings. The van der Waals surface area contributed by atoms with Crippen molar-refractivity contribution in [2.75, 3.05) is 0 Å². The van der Waals surface area contributed by atoms with Gasteiger partial charge in [-0.05, 0) is 53.5 Å². The van der Waals surface area contributed by atoms with Crippen LogP contribution in [0.5, 0.6) is 0 Å². The fraction of sp³-hybridized carbons (Fsp3) is 0.467. The summed E-state index contributed by atoms with van der Waals surface area (Å²) in [5, 5.41) is 0. The van der Waals surface area contributed by atoms with Gasteiger partial charge in [0.2, 0.25) is 0 Å². The molecule has 16 heavy (non-hydrogen) atoms. The summed E-state index contributed by atoms with van der Waals surface area (Å²) in [6, 6.07) is 0. The van der Waals surface area contributed by atoms with E-state index in [9.17, 15) is 0 Å². The predicted octanol–water partition coefficient (Wildman–Crippen LogP) is 4.94. The first-order valence-corrected chi connectivity index (χ1v) is 7.16. The van der Waals surface area contributed by atoms with Gasteiger partial charge in [-0.1, -0.05) is 43.2 Å². The average molecular weight is 324 g/mol. The molecular formula is C15H17I. The molecule has 0 unspecified atom stereocenters. The zero-order valence-electron chi connectivity index (χ0n) is 9.89. The Labute approximate surface area is 111 Å². The molecule has 0 N–H and O–H groups in total. The van der Waals surface area contributed by atoms with Gasteiger partial charge in [0.1, 0.15) is 0 Å². The zero-order valence-corrected chi connectivity index (χ0v) is 12.0. The fourth-order valence-electron chi connectivity index (χ4n) is 3.42. The molecular weight excluding hydrogens is 307 g/mol. The molecule has 0 aromatic rings. The van der Waals surface area contributed by atoms with Crippen molar-refractivity contribution in [3.63, 3.8) is 0 Å². The van der Waals surface area contributed by atoms with Crippen molar-refractivity contribution in [2.24, 2.45) is 11.3 Å². The minimum Gasteiger partial charge on any atom is -0.0839 e. The molecule has 0 nitrogen and oxygen atoms in total. The van der Waals surface area contributed by atoms with Crippen LogP contribution >= 0.6 is 22.6 Å². The third kappa shape index (κ3) is 1.40. The molecule has 1 heteroatoms. The summed E-state index contributed by atoms with van der Waals surface area (Å²) in [6.45, 7) is 4.78. The summed E-state index contributed by atoms with van der Waals surface area (Å²) in [5.74, 6) is 0.716. The number of allylic oxidation sites excluding steroid dienone is 8. The molecule has 0 aromatic heterocycles. The Morgan fingerprint density at radius 2 is 2.19 bits per heavy atom. The van der Waals surface area contributed by atoms with Gasteiger partial charge >= 0.3 is 0 Å². The van der Waals surface area contributed by atoms with E-state index in [0.29, 0.717) is 5.92 Å². The molecule has 0 fully saturated rings. The van der Waals surface area contributed by atoms with Crippen LogP contribution in [-0.2, 0) is 0 Å². The SMILES string of the molecule is CC1(C)C2=CC(I)=CC[C@@H]2C2=C1C=CCC2. The molecule has 3 aliphatic carbocycles. The largest absolute Gasteiger partial charge is 0.0839 e. The smallest absolute Gasteiger partial charge is 0.0114 e. The number of fused-ring (bicyclic) bond motifs is 2. The van der Waals surface area contributed by atoms with Gasteiger partial charge in [0.15, 0.2) is 0 Å². The lowest BCUT2D eigenvalue weighted by molar-refractivity contribution is 0.528. The van der Waals surface area contributed by atoms with Gasteiger partial charge in [0.05, 0.1) is 0 Å². The molecule has 3 rings (SSSR count). The summed E-state index contributed by atoms with van der Waals surface area (Å²) in [6.07, 6.45) is 13.3. The van der Waals surface area contributed by atoms with Crippen molar-refractivity contribution in [2.45, 2.75) is 33.1 Å². The lowest BCUT2D eigenvalue weighted by Gasteiger charge is -2.27. The summed E-state index contributed by atoms with van der Waals surface area (Å²) < 4.78 is 1.42. The van der Waals surface area contributed by atoms with Crippen LogP contribution in [0, 0.1) is 11.3 Å². The van der Waals surface area contributed by atoms with E-state index >= 15 is 0 Å².